The first kappa shape index (κ1) is 13.4. The molecule has 0 aromatic heterocycles. The topological polar surface area (TPSA) is 32.7 Å². The molecule has 1 aliphatic heterocycles. The number of aryl methyl sites for hydroxylation is 2. The van der Waals surface area contributed by atoms with Gasteiger partial charge in [0.05, 0.1) is 6.61 Å². The molecule has 1 saturated heterocycles. The van der Waals surface area contributed by atoms with Crippen molar-refractivity contribution >= 4 is 0 Å². The van der Waals surface area contributed by atoms with Crippen LogP contribution >= 0.6 is 0 Å². The Hall–Kier alpha value is -1.06. The summed E-state index contributed by atoms with van der Waals surface area (Å²) in [7, 11) is 0. The highest BCUT2D eigenvalue weighted by Crippen LogP contribution is 2.20. The Kier molecular flexibility index (Phi) is 4.61. The molecule has 3 heteroatoms. The zero-order valence-corrected chi connectivity index (χ0v) is 11.4. The van der Waals surface area contributed by atoms with Gasteiger partial charge < -0.3 is 9.84 Å². The van der Waals surface area contributed by atoms with Crippen molar-refractivity contribution in [3.63, 3.8) is 0 Å². The van der Waals surface area contributed by atoms with Crippen molar-refractivity contribution in [3.05, 3.63) is 29.3 Å². The van der Waals surface area contributed by atoms with Crippen molar-refractivity contribution in [2.24, 2.45) is 0 Å². The molecule has 0 aliphatic carbocycles. The van der Waals surface area contributed by atoms with Gasteiger partial charge in [-0.25, -0.2) is 0 Å². The van der Waals surface area contributed by atoms with E-state index in [4.69, 9.17) is 4.74 Å². The second kappa shape index (κ2) is 6.21. The summed E-state index contributed by atoms with van der Waals surface area (Å²) >= 11 is 0. The predicted octanol–water partition coefficient (Wildman–Crippen LogP) is 2.14. The second-order valence-electron chi connectivity index (χ2n) is 5.13. The lowest BCUT2D eigenvalue weighted by Crippen LogP contribution is -2.35. The third-order valence-electron chi connectivity index (χ3n) is 3.69. The summed E-state index contributed by atoms with van der Waals surface area (Å²) in [6.07, 6.45) is 2.30. The minimum absolute atomic E-state index is 0.267. The highest BCUT2D eigenvalue weighted by molar-refractivity contribution is 5.35. The van der Waals surface area contributed by atoms with E-state index < -0.39 is 0 Å². The smallest absolute Gasteiger partial charge is 0.122 e. The van der Waals surface area contributed by atoms with Gasteiger partial charge in [-0.1, -0.05) is 12.1 Å². The summed E-state index contributed by atoms with van der Waals surface area (Å²) < 4.78 is 5.85. The van der Waals surface area contributed by atoms with Crippen LogP contribution in [-0.2, 0) is 0 Å². The van der Waals surface area contributed by atoms with Gasteiger partial charge in [0.15, 0.2) is 0 Å². The first-order valence-electron chi connectivity index (χ1n) is 6.75. The molecule has 3 nitrogen and oxygen atoms in total. The number of aliphatic hydroxyl groups is 1. The van der Waals surface area contributed by atoms with E-state index in [1.54, 1.807) is 0 Å². The van der Waals surface area contributed by atoms with Gasteiger partial charge >= 0.3 is 0 Å². The molecule has 0 amide bonds. The Bertz CT molecular complexity index is 392. The Balaban J connectivity index is 1.83. The van der Waals surface area contributed by atoms with Gasteiger partial charge in [-0.05, 0) is 50.4 Å². The van der Waals surface area contributed by atoms with Crippen LogP contribution in [0, 0.1) is 13.8 Å². The fourth-order valence-electron chi connectivity index (χ4n) is 2.53. The maximum atomic E-state index is 9.25. The van der Waals surface area contributed by atoms with Crippen molar-refractivity contribution in [3.8, 4) is 5.75 Å². The highest BCUT2D eigenvalue weighted by atomic mass is 16.5. The molecule has 1 heterocycles. The van der Waals surface area contributed by atoms with E-state index in [-0.39, 0.29) is 6.61 Å². The van der Waals surface area contributed by atoms with E-state index in [0.717, 1.165) is 25.3 Å². The predicted molar refractivity (Wildman–Crippen MR) is 73.1 cm³/mol. The summed E-state index contributed by atoms with van der Waals surface area (Å²) in [6.45, 7) is 7.10. The summed E-state index contributed by atoms with van der Waals surface area (Å²) in [5, 5.41) is 9.25. The molecule has 18 heavy (non-hydrogen) atoms. The van der Waals surface area contributed by atoms with Crippen LogP contribution in [0.4, 0.5) is 0 Å². The van der Waals surface area contributed by atoms with Gasteiger partial charge in [0.1, 0.15) is 12.4 Å². The fraction of sp³-hybridized carbons (Fsp3) is 0.600. The Labute approximate surface area is 109 Å². The molecule has 1 atom stereocenters. The van der Waals surface area contributed by atoms with Crippen LogP contribution in [0.25, 0.3) is 0 Å². The molecule has 0 bridgehead atoms. The van der Waals surface area contributed by atoms with Crippen LogP contribution in [0.1, 0.15) is 24.0 Å². The van der Waals surface area contributed by atoms with Crippen molar-refractivity contribution < 1.29 is 9.84 Å². The maximum absolute atomic E-state index is 9.25. The molecule has 0 spiro atoms. The average molecular weight is 249 g/mol. The summed E-state index contributed by atoms with van der Waals surface area (Å²) in [5.41, 5.74) is 2.41. The third kappa shape index (κ3) is 3.24. The average Bonchev–Trinajstić information content (AvgIpc) is 2.81. The van der Waals surface area contributed by atoms with Crippen LogP contribution in [0.15, 0.2) is 18.2 Å². The van der Waals surface area contributed by atoms with Crippen molar-refractivity contribution in [1.82, 2.24) is 4.90 Å². The van der Waals surface area contributed by atoms with Crippen molar-refractivity contribution in [1.29, 1.82) is 0 Å². The highest BCUT2D eigenvalue weighted by Gasteiger charge is 2.23. The summed E-state index contributed by atoms with van der Waals surface area (Å²) in [6, 6.07) is 6.62. The Morgan fingerprint density at radius 2 is 2.22 bits per heavy atom. The molecule has 0 radical (unpaired) electrons. The van der Waals surface area contributed by atoms with E-state index in [1.165, 1.54) is 17.5 Å². The number of rotatable bonds is 5. The monoisotopic (exact) mass is 249 g/mol. The first-order chi connectivity index (χ1) is 8.70. The second-order valence-corrected chi connectivity index (χ2v) is 5.13. The van der Waals surface area contributed by atoms with Crippen molar-refractivity contribution in [2.75, 3.05) is 26.3 Å². The minimum atomic E-state index is 0.267. The molecule has 100 valence electrons. The van der Waals surface area contributed by atoms with Crippen LogP contribution in [0.5, 0.6) is 5.75 Å². The summed E-state index contributed by atoms with van der Waals surface area (Å²) in [4.78, 5) is 2.32. The van der Waals surface area contributed by atoms with Crippen LogP contribution < -0.4 is 4.74 Å². The lowest BCUT2D eigenvalue weighted by atomic mass is 10.1. The zero-order valence-electron chi connectivity index (χ0n) is 11.4. The van der Waals surface area contributed by atoms with Gasteiger partial charge in [-0.15, -0.1) is 0 Å². The Morgan fingerprint density at radius 3 is 3.00 bits per heavy atom. The van der Waals surface area contributed by atoms with Gasteiger partial charge in [-0.2, -0.15) is 0 Å². The fourth-order valence-corrected chi connectivity index (χ4v) is 2.53. The zero-order chi connectivity index (χ0) is 13.0. The molecule has 1 N–H and O–H groups in total. The molecular weight excluding hydrogens is 226 g/mol. The number of aliphatic hydroxyl groups excluding tert-OH is 1. The largest absolute Gasteiger partial charge is 0.492 e. The molecule has 2 rings (SSSR count). The normalized spacial score (nSPS) is 20.3. The molecule has 0 unspecified atom stereocenters. The molecule has 1 aromatic rings. The quantitative estimate of drug-likeness (QED) is 0.868. The van der Waals surface area contributed by atoms with Crippen molar-refractivity contribution in [2.45, 2.75) is 32.7 Å². The minimum Gasteiger partial charge on any atom is -0.492 e. The van der Waals surface area contributed by atoms with Crippen LogP contribution in [0.3, 0.4) is 0 Å². The van der Waals surface area contributed by atoms with Gasteiger partial charge in [-0.3, -0.25) is 4.90 Å². The SMILES string of the molecule is Cc1ccc(C)c(OCCN2CCC[C@@H]2CO)c1. The van der Waals surface area contributed by atoms with E-state index in [1.807, 2.05) is 0 Å². The number of likely N-dealkylation sites (tertiary alicyclic amines) is 1. The molecule has 1 aromatic carbocycles. The number of hydrogen-bond acceptors (Lipinski definition) is 3. The van der Waals surface area contributed by atoms with E-state index >= 15 is 0 Å². The van der Waals surface area contributed by atoms with E-state index in [0.29, 0.717) is 12.6 Å². The number of hydrogen-bond donors (Lipinski definition) is 1. The number of ether oxygens (including phenoxy) is 1. The first-order valence-corrected chi connectivity index (χ1v) is 6.75. The van der Waals surface area contributed by atoms with Crippen LogP contribution in [0.2, 0.25) is 0 Å². The Morgan fingerprint density at radius 1 is 1.39 bits per heavy atom. The van der Waals surface area contributed by atoms with Crippen LogP contribution in [-0.4, -0.2) is 42.4 Å². The number of nitrogens with zero attached hydrogens (tertiary/aromatic N) is 1. The van der Waals surface area contributed by atoms with E-state index in [9.17, 15) is 5.11 Å². The van der Waals surface area contributed by atoms with E-state index in [2.05, 4.69) is 36.9 Å². The van der Waals surface area contributed by atoms with Gasteiger partial charge in [0.25, 0.3) is 0 Å². The van der Waals surface area contributed by atoms with Gasteiger partial charge in [0, 0.05) is 12.6 Å². The lowest BCUT2D eigenvalue weighted by molar-refractivity contribution is 0.139. The standard InChI is InChI=1S/C15H23NO2/c1-12-5-6-13(2)15(10-12)18-9-8-16-7-3-4-14(16)11-17/h5-6,10,14,17H,3-4,7-9,11H2,1-2H3/t14-/m1/s1. The molecular formula is C15H23NO2. The molecule has 1 aliphatic rings. The van der Waals surface area contributed by atoms with Gasteiger partial charge in [0.2, 0.25) is 0 Å². The summed E-state index contributed by atoms with van der Waals surface area (Å²) in [5.74, 6) is 0.981. The maximum Gasteiger partial charge on any atom is 0.122 e. The lowest BCUT2D eigenvalue weighted by Gasteiger charge is -2.22. The number of benzene rings is 1. The third-order valence-corrected chi connectivity index (χ3v) is 3.69. The molecule has 0 saturated carbocycles. The molecule has 1 fully saturated rings.